The molecule has 17 heavy (non-hydrogen) atoms. The topological polar surface area (TPSA) is 9.23 Å². The van der Waals surface area contributed by atoms with Crippen LogP contribution in [0.25, 0.3) is 5.57 Å². The Morgan fingerprint density at radius 1 is 1.18 bits per heavy atom. The van der Waals surface area contributed by atoms with E-state index < -0.39 is 0 Å². The molecular formula is C16H24O. The maximum atomic E-state index is 5.78. The van der Waals surface area contributed by atoms with E-state index in [9.17, 15) is 0 Å². The molecule has 0 saturated carbocycles. The predicted octanol–water partition coefficient (Wildman–Crippen LogP) is 4.54. The van der Waals surface area contributed by atoms with Crippen LogP contribution in [-0.2, 0) is 4.74 Å². The van der Waals surface area contributed by atoms with E-state index in [1.54, 1.807) is 0 Å². The Morgan fingerprint density at radius 3 is 2.35 bits per heavy atom. The van der Waals surface area contributed by atoms with E-state index >= 15 is 0 Å². The number of hydrogen-bond donors (Lipinski definition) is 0. The first-order chi connectivity index (χ1) is 8.15. The molecule has 94 valence electrons. The average Bonchev–Trinajstić information content (AvgIpc) is 2.34. The van der Waals surface area contributed by atoms with Gasteiger partial charge in [-0.1, -0.05) is 56.7 Å². The van der Waals surface area contributed by atoms with E-state index in [1.807, 2.05) is 0 Å². The molecule has 0 atom stereocenters. The Bertz CT molecular complexity index is 349. The molecular weight excluding hydrogens is 208 g/mol. The SMILES string of the molecule is CCC(C)=C(COCC(C)C)c1ccccc1. The lowest BCUT2D eigenvalue weighted by Gasteiger charge is -2.13. The van der Waals surface area contributed by atoms with Crippen molar-refractivity contribution in [2.45, 2.75) is 34.1 Å². The molecule has 0 bridgehead atoms. The summed E-state index contributed by atoms with van der Waals surface area (Å²) < 4.78 is 5.78. The van der Waals surface area contributed by atoms with Crippen LogP contribution >= 0.6 is 0 Å². The number of allylic oxidation sites excluding steroid dienone is 1. The van der Waals surface area contributed by atoms with Crippen LogP contribution in [0.5, 0.6) is 0 Å². The molecule has 0 spiro atoms. The van der Waals surface area contributed by atoms with E-state index in [1.165, 1.54) is 16.7 Å². The molecule has 0 saturated heterocycles. The number of hydrogen-bond acceptors (Lipinski definition) is 1. The summed E-state index contributed by atoms with van der Waals surface area (Å²) in [5.74, 6) is 0.592. The van der Waals surface area contributed by atoms with Gasteiger partial charge in [-0.3, -0.25) is 0 Å². The van der Waals surface area contributed by atoms with Crippen LogP contribution in [-0.4, -0.2) is 13.2 Å². The monoisotopic (exact) mass is 232 g/mol. The minimum Gasteiger partial charge on any atom is -0.376 e. The largest absolute Gasteiger partial charge is 0.376 e. The lowest BCUT2D eigenvalue weighted by molar-refractivity contribution is 0.139. The van der Waals surface area contributed by atoms with Crippen molar-refractivity contribution in [2.24, 2.45) is 5.92 Å². The zero-order valence-electron chi connectivity index (χ0n) is 11.5. The number of ether oxygens (including phenoxy) is 1. The third-order valence-corrected chi connectivity index (χ3v) is 2.87. The summed E-state index contributed by atoms with van der Waals surface area (Å²) in [4.78, 5) is 0. The Labute approximate surface area is 106 Å². The summed E-state index contributed by atoms with van der Waals surface area (Å²) in [6.45, 7) is 10.3. The van der Waals surface area contributed by atoms with Gasteiger partial charge in [-0.2, -0.15) is 0 Å². The summed E-state index contributed by atoms with van der Waals surface area (Å²) in [5, 5.41) is 0. The maximum absolute atomic E-state index is 5.78. The normalized spacial score (nSPS) is 12.8. The molecule has 0 aliphatic carbocycles. The summed E-state index contributed by atoms with van der Waals surface area (Å²) in [6.07, 6.45) is 1.08. The van der Waals surface area contributed by atoms with Gasteiger partial charge in [0.2, 0.25) is 0 Å². The van der Waals surface area contributed by atoms with Crippen LogP contribution in [0.4, 0.5) is 0 Å². The van der Waals surface area contributed by atoms with E-state index in [4.69, 9.17) is 4.74 Å². The van der Waals surface area contributed by atoms with Gasteiger partial charge in [0.25, 0.3) is 0 Å². The number of rotatable bonds is 6. The first kappa shape index (κ1) is 14.0. The van der Waals surface area contributed by atoms with Gasteiger partial charge in [0.05, 0.1) is 6.61 Å². The Balaban J connectivity index is 2.77. The molecule has 1 aromatic carbocycles. The molecule has 0 N–H and O–H groups in total. The zero-order valence-corrected chi connectivity index (χ0v) is 11.5. The van der Waals surface area contributed by atoms with Crippen molar-refractivity contribution in [3.63, 3.8) is 0 Å². The average molecular weight is 232 g/mol. The van der Waals surface area contributed by atoms with E-state index in [2.05, 4.69) is 58.0 Å². The second-order valence-corrected chi connectivity index (χ2v) is 4.89. The minimum absolute atomic E-state index is 0.592. The molecule has 0 aromatic heterocycles. The van der Waals surface area contributed by atoms with Crippen LogP contribution < -0.4 is 0 Å². The van der Waals surface area contributed by atoms with Crippen molar-refractivity contribution >= 4 is 5.57 Å². The zero-order chi connectivity index (χ0) is 12.7. The van der Waals surface area contributed by atoms with Crippen LogP contribution in [0.15, 0.2) is 35.9 Å². The fraction of sp³-hybridized carbons (Fsp3) is 0.500. The van der Waals surface area contributed by atoms with Gasteiger partial charge in [-0.05, 0) is 30.4 Å². The molecule has 1 nitrogen and oxygen atoms in total. The molecule has 0 fully saturated rings. The van der Waals surface area contributed by atoms with Gasteiger partial charge in [0.1, 0.15) is 0 Å². The van der Waals surface area contributed by atoms with Crippen molar-refractivity contribution in [3.05, 3.63) is 41.5 Å². The third kappa shape index (κ3) is 4.74. The lowest BCUT2D eigenvalue weighted by Crippen LogP contribution is -2.06. The van der Waals surface area contributed by atoms with Crippen molar-refractivity contribution in [1.82, 2.24) is 0 Å². The van der Waals surface area contributed by atoms with Gasteiger partial charge in [0.15, 0.2) is 0 Å². The van der Waals surface area contributed by atoms with Crippen LogP contribution in [0.1, 0.15) is 39.7 Å². The van der Waals surface area contributed by atoms with Crippen LogP contribution in [0, 0.1) is 5.92 Å². The maximum Gasteiger partial charge on any atom is 0.0722 e. The third-order valence-electron chi connectivity index (χ3n) is 2.87. The highest BCUT2D eigenvalue weighted by Crippen LogP contribution is 2.21. The smallest absolute Gasteiger partial charge is 0.0722 e. The molecule has 0 unspecified atom stereocenters. The van der Waals surface area contributed by atoms with Crippen molar-refractivity contribution in [1.29, 1.82) is 0 Å². The van der Waals surface area contributed by atoms with Crippen molar-refractivity contribution in [3.8, 4) is 0 Å². The van der Waals surface area contributed by atoms with Crippen LogP contribution in [0.2, 0.25) is 0 Å². The molecule has 0 heterocycles. The van der Waals surface area contributed by atoms with Gasteiger partial charge in [-0.25, -0.2) is 0 Å². The molecule has 0 amide bonds. The second-order valence-electron chi connectivity index (χ2n) is 4.89. The standard InChI is InChI=1S/C16H24O/c1-5-14(4)16(12-17-11-13(2)3)15-9-7-6-8-10-15/h6-10,13H,5,11-12H2,1-4H3. The quantitative estimate of drug-likeness (QED) is 0.699. The minimum atomic E-state index is 0.592. The summed E-state index contributed by atoms with van der Waals surface area (Å²) in [6, 6.07) is 10.5. The van der Waals surface area contributed by atoms with Gasteiger partial charge in [-0.15, -0.1) is 0 Å². The Morgan fingerprint density at radius 2 is 1.82 bits per heavy atom. The molecule has 0 radical (unpaired) electrons. The van der Waals surface area contributed by atoms with E-state index in [0.717, 1.165) is 19.6 Å². The van der Waals surface area contributed by atoms with Gasteiger partial charge in [0, 0.05) is 6.61 Å². The summed E-state index contributed by atoms with van der Waals surface area (Å²) >= 11 is 0. The molecule has 1 heteroatoms. The van der Waals surface area contributed by atoms with E-state index in [0.29, 0.717) is 5.92 Å². The highest BCUT2D eigenvalue weighted by molar-refractivity contribution is 5.69. The van der Waals surface area contributed by atoms with Crippen molar-refractivity contribution < 1.29 is 4.74 Å². The fourth-order valence-corrected chi connectivity index (χ4v) is 1.70. The first-order valence-corrected chi connectivity index (χ1v) is 6.47. The highest BCUT2D eigenvalue weighted by Gasteiger charge is 2.05. The highest BCUT2D eigenvalue weighted by atomic mass is 16.5. The Hall–Kier alpha value is -1.08. The van der Waals surface area contributed by atoms with Crippen molar-refractivity contribution in [2.75, 3.05) is 13.2 Å². The molecule has 0 aliphatic heterocycles. The molecule has 1 aromatic rings. The Kier molecular flexibility index (Phi) is 5.99. The fourth-order valence-electron chi connectivity index (χ4n) is 1.70. The summed E-state index contributed by atoms with van der Waals surface area (Å²) in [7, 11) is 0. The second kappa shape index (κ2) is 7.29. The van der Waals surface area contributed by atoms with E-state index in [-0.39, 0.29) is 0 Å². The number of benzene rings is 1. The van der Waals surface area contributed by atoms with Crippen LogP contribution in [0.3, 0.4) is 0 Å². The lowest BCUT2D eigenvalue weighted by atomic mass is 10.00. The first-order valence-electron chi connectivity index (χ1n) is 6.47. The van der Waals surface area contributed by atoms with Gasteiger partial charge >= 0.3 is 0 Å². The molecule has 0 aliphatic rings. The van der Waals surface area contributed by atoms with Gasteiger partial charge < -0.3 is 4.74 Å². The molecule has 1 rings (SSSR count). The summed E-state index contributed by atoms with van der Waals surface area (Å²) in [5.41, 5.74) is 4.05. The predicted molar refractivity (Wildman–Crippen MR) is 75.0 cm³/mol.